The molecule has 1 aromatic rings. The molecule has 1 atom stereocenters. The lowest BCUT2D eigenvalue weighted by Gasteiger charge is -2.32. The van der Waals surface area contributed by atoms with Gasteiger partial charge in [-0.3, -0.25) is 9.88 Å². The molecular formula is C15H25N3O. The Morgan fingerprint density at radius 2 is 2.37 bits per heavy atom. The first-order valence-corrected chi connectivity index (χ1v) is 7.11. The van der Waals surface area contributed by atoms with Gasteiger partial charge in [0.2, 0.25) is 0 Å². The van der Waals surface area contributed by atoms with E-state index in [0.717, 1.165) is 51.5 Å². The van der Waals surface area contributed by atoms with Crippen molar-refractivity contribution >= 4 is 0 Å². The van der Waals surface area contributed by atoms with E-state index in [2.05, 4.69) is 35.2 Å². The molecule has 2 rings (SSSR count). The molecule has 0 bridgehead atoms. The van der Waals surface area contributed by atoms with Gasteiger partial charge in [-0.2, -0.15) is 0 Å². The van der Waals surface area contributed by atoms with Crippen molar-refractivity contribution in [2.75, 3.05) is 39.9 Å². The first kappa shape index (κ1) is 14.4. The van der Waals surface area contributed by atoms with E-state index >= 15 is 0 Å². The van der Waals surface area contributed by atoms with E-state index < -0.39 is 0 Å². The van der Waals surface area contributed by atoms with Crippen LogP contribution in [0.1, 0.15) is 19.0 Å². The van der Waals surface area contributed by atoms with Crippen LogP contribution in [0.3, 0.4) is 0 Å². The Labute approximate surface area is 116 Å². The molecule has 1 N–H and O–H groups in total. The predicted octanol–water partition coefficient (Wildman–Crippen LogP) is 1.53. The van der Waals surface area contributed by atoms with Crippen molar-refractivity contribution in [1.29, 1.82) is 0 Å². The van der Waals surface area contributed by atoms with Crippen LogP contribution in [-0.4, -0.2) is 49.8 Å². The third kappa shape index (κ3) is 4.27. The smallest absolute Gasteiger partial charge is 0.0547 e. The van der Waals surface area contributed by atoms with Crippen LogP contribution in [0.25, 0.3) is 0 Å². The molecule has 19 heavy (non-hydrogen) atoms. The normalized spacial score (nSPS) is 23.1. The summed E-state index contributed by atoms with van der Waals surface area (Å²) in [5.41, 5.74) is 1.39. The number of hydrogen-bond acceptors (Lipinski definition) is 4. The molecule has 1 aromatic heterocycles. The van der Waals surface area contributed by atoms with Crippen molar-refractivity contribution in [3.8, 4) is 0 Å². The summed E-state index contributed by atoms with van der Waals surface area (Å²) < 4.78 is 5.63. The largest absolute Gasteiger partial charge is 0.381 e. The molecule has 4 nitrogen and oxygen atoms in total. The number of pyridine rings is 1. The lowest BCUT2D eigenvalue weighted by Crippen LogP contribution is -2.43. The Hall–Kier alpha value is -0.970. The number of nitrogens with one attached hydrogen (secondary N) is 1. The Morgan fingerprint density at radius 3 is 3.00 bits per heavy atom. The summed E-state index contributed by atoms with van der Waals surface area (Å²) in [4.78, 5) is 6.75. The Morgan fingerprint density at radius 1 is 1.47 bits per heavy atom. The molecule has 0 spiro atoms. The van der Waals surface area contributed by atoms with E-state index in [1.807, 2.05) is 18.3 Å². The maximum absolute atomic E-state index is 5.63. The van der Waals surface area contributed by atoms with Crippen molar-refractivity contribution in [2.24, 2.45) is 5.41 Å². The van der Waals surface area contributed by atoms with Crippen molar-refractivity contribution in [2.45, 2.75) is 19.9 Å². The van der Waals surface area contributed by atoms with Gasteiger partial charge in [-0.25, -0.2) is 0 Å². The summed E-state index contributed by atoms with van der Waals surface area (Å²) in [7, 11) is 2.17. The van der Waals surface area contributed by atoms with E-state index in [1.165, 1.54) is 0 Å². The summed E-state index contributed by atoms with van der Waals surface area (Å²) in [6.45, 7) is 7.92. The zero-order valence-corrected chi connectivity index (χ0v) is 12.1. The van der Waals surface area contributed by atoms with Crippen molar-refractivity contribution in [3.05, 3.63) is 30.1 Å². The molecule has 1 unspecified atom stereocenters. The number of nitrogens with zero attached hydrogens (tertiary/aromatic N) is 2. The van der Waals surface area contributed by atoms with E-state index in [1.54, 1.807) is 0 Å². The minimum Gasteiger partial charge on any atom is -0.381 e. The van der Waals surface area contributed by atoms with Gasteiger partial charge in [-0.15, -0.1) is 0 Å². The van der Waals surface area contributed by atoms with E-state index in [0.29, 0.717) is 0 Å². The average molecular weight is 263 g/mol. The van der Waals surface area contributed by atoms with Crippen LogP contribution >= 0.6 is 0 Å². The minimum absolute atomic E-state index is 0.263. The van der Waals surface area contributed by atoms with Crippen LogP contribution < -0.4 is 5.32 Å². The second-order valence-corrected chi connectivity index (χ2v) is 5.58. The van der Waals surface area contributed by atoms with Gasteiger partial charge < -0.3 is 10.1 Å². The molecule has 0 aliphatic carbocycles. The molecule has 1 saturated heterocycles. The van der Waals surface area contributed by atoms with Crippen molar-refractivity contribution < 1.29 is 4.74 Å². The first-order valence-electron chi connectivity index (χ1n) is 7.11. The Balaban J connectivity index is 1.90. The highest BCUT2D eigenvalue weighted by Gasteiger charge is 2.35. The SMILES string of the molecule is CCNCC1(CN(C)Cc2ccccn2)CCOC1. The van der Waals surface area contributed by atoms with Crippen molar-refractivity contribution in [1.82, 2.24) is 15.2 Å². The predicted molar refractivity (Wildman–Crippen MR) is 77.0 cm³/mol. The third-order valence-corrected chi connectivity index (χ3v) is 3.70. The van der Waals surface area contributed by atoms with Gasteiger partial charge in [0.15, 0.2) is 0 Å². The summed E-state index contributed by atoms with van der Waals surface area (Å²) in [6, 6.07) is 6.09. The topological polar surface area (TPSA) is 37.4 Å². The Bertz CT molecular complexity index is 363. The second kappa shape index (κ2) is 6.98. The number of hydrogen-bond donors (Lipinski definition) is 1. The summed E-state index contributed by atoms with van der Waals surface area (Å²) in [6.07, 6.45) is 3.00. The highest BCUT2D eigenvalue weighted by Crippen LogP contribution is 2.29. The molecule has 0 amide bonds. The monoisotopic (exact) mass is 263 g/mol. The number of aromatic nitrogens is 1. The molecule has 4 heteroatoms. The summed E-state index contributed by atoms with van der Waals surface area (Å²) in [5.74, 6) is 0. The van der Waals surface area contributed by atoms with Gasteiger partial charge in [0.1, 0.15) is 0 Å². The first-order chi connectivity index (χ1) is 9.24. The van der Waals surface area contributed by atoms with Crippen LogP contribution in [0.5, 0.6) is 0 Å². The van der Waals surface area contributed by atoms with Crippen LogP contribution in [0.2, 0.25) is 0 Å². The van der Waals surface area contributed by atoms with Gasteiger partial charge in [0.25, 0.3) is 0 Å². The molecule has 0 saturated carbocycles. The maximum Gasteiger partial charge on any atom is 0.0547 e. The zero-order chi connectivity index (χ0) is 13.6. The van der Waals surface area contributed by atoms with Crippen LogP contribution in [-0.2, 0) is 11.3 Å². The van der Waals surface area contributed by atoms with Crippen molar-refractivity contribution in [3.63, 3.8) is 0 Å². The molecular weight excluding hydrogens is 238 g/mol. The Kier molecular flexibility index (Phi) is 5.31. The quantitative estimate of drug-likeness (QED) is 0.809. The van der Waals surface area contributed by atoms with Crippen LogP contribution in [0.15, 0.2) is 24.4 Å². The third-order valence-electron chi connectivity index (χ3n) is 3.70. The van der Waals surface area contributed by atoms with Crippen LogP contribution in [0.4, 0.5) is 0 Å². The highest BCUT2D eigenvalue weighted by atomic mass is 16.5. The van der Waals surface area contributed by atoms with Gasteiger partial charge in [0, 0.05) is 37.9 Å². The molecule has 0 radical (unpaired) electrons. The van der Waals surface area contributed by atoms with Gasteiger partial charge in [-0.1, -0.05) is 13.0 Å². The number of ether oxygens (including phenoxy) is 1. The van der Waals surface area contributed by atoms with E-state index in [4.69, 9.17) is 4.74 Å². The van der Waals surface area contributed by atoms with Gasteiger partial charge in [-0.05, 0) is 32.1 Å². The van der Waals surface area contributed by atoms with Gasteiger partial charge in [0.05, 0.1) is 12.3 Å². The van der Waals surface area contributed by atoms with Gasteiger partial charge >= 0.3 is 0 Å². The fraction of sp³-hybridized carbons (Fsp3) is 0.667. The minimum atomic E-state index is 0.263. The molecule has 106 valence electrons. The van der Waals surface area contributed by atoms with E-state index in [-0.39, 0.29) is 5.41 Å². The molecule has 0 aromatic carbocycles. The maximum atomic E-state index is 5.63. The highest BCUT2D eigenvalue weighted by molar-refractivity contribution is 5.03. The standard InChI is InChI=1S/C15H25N3O/c1-3-16-11-15(7-9-19-13-15)12-18(2)10-14-6-4-5-8-17-14/h4-6,8,16H,3,7,9-13H2,1-2H3. The average Bonchev–Trinajstić information content (AvgIpc) is 2.86. The fourth-order valence-corrected chi connectivity index (χ4v) is 2.76. The summed E-state index contributed by atoms with van der Waals surface area (Å²) >= 11 is 0. The van der Waals surface area contributed by atoms with Crippen LogP contribution in [0, 0.1) is 5.41 Å². The number of rotatable bonds is 7. The zero-order valence-electron chi connectivity index (χ0n) is 12.1. The lowest BCUT2D eigenvalue weighted by molar-refractivity contribution is 0.116. The van der Waals surface area contributed by atoms with E-state index in [9.17, 15) is 0 Å². The second-order valence-electron chi connectivity index (χ2n) is 5.58. The lowest BCUT2D eigenvalue weighted by atomic mass is 9.86. The molecule has 2 heterocycles. The summed E-state index contributed by atoms with van der Waals surface area (Å²) in [5, 5.41) is 3.48. The molecule has 1 aliphatic rings. The molecule has 1 aliphatic heterocycles. The molecule has 1 fully saturated rings. The fourth-order valence-electron chi connectivity index (χ4n) is 2.76.